The molecule has 5 atom stereocenters. The molecule has 0 aliphatic carbocycles. The van der Waals surface area contributed by atoms with Gasteiger partial charge in [-0.1, -0.05) is 12.8 Å². The molecule has 2 amide bonds. The first kappa shape index (κ1) is 37.7. The van der Waals surface area contributed by atoms with Gasteiger partial charge in [0.2, 0.25) is 12.5 Å². The number of methoxy groups -OCH3 is 1. The van der Waals surface area contributed by atoms with Crippen LogP contribution in [0.3, 0.4) is 0 Å². The van der Waals surface area contributed by atoms with Gasteiger partial charge in [-0.05, 0) is 46.6 Å². The molecule has 14 nitrogen and oxygen atoms in total. The first-order chi connectivity index (χ1) is 23.5. The second-order valence-corrected chi connectivity index (χ2v) is 12.8. The number of nitrogens with one attached hydrogen (secondary N) is 3. The molecule has 2 heterocycles. The normalized spacial score (nSPS) is 20.1. The minimum absolute atomic E-state index is 0.0105. The third kappa shape index (κ3) is 13.4. The first-order valence-electron chi connectivity index (χ1n) is 16.7. The fourth-order valence-electron chi connectivity index (χ4n) is 4.81. The summed E-state index contributed by atoms with van der Waals surface area (Å²) in [7, 11) is -3.31. The highest BCUT2D eigenvalue weighted by Crippen LogP contribution is 2.49. The van der Waals surface area contributed by atoms with Crippen LogP contribution in [0, 0.1) is 6.57 Å². The number of ether oxygens (including phenoxy) is 2. The second kappa shape index (κ2) is 20.4. The number of aromatic nitrogens is 2. The van der Waals surface area contributed by atoms with E-state index in [0.717, 1.165) is 10.6 Å². The van der Waals surface area contributed by atoms with Crippen LogP contribution in [0.25, 0.3) is 10.9 Å². The lowest BCUT2D eigenvalue weighted by Gasteiger charge is -2.37. The van der Waals surface area contributed by atoms with Gasteiger partial charge in [0.15, 0.2) is 0 Å². The number of nitrogens with zero attached hydrogens (tertiary/aromatic N) is 3. The lowest BCUT2D eigenvalue weighted by atomic mass is 10.2. The highest BCUT2D eigenvalue weighted by molar-refractivity contribution is 7.44. The summed E-state index contributed by atoms with van der Waals surface area (Å²) >= 11 is 0. The molecule has 0 saturated carbocycles. The number of aromatic amines is 1. The van der Waals surface area contributed by atoms with E-state index in [9.17, 15) is 32.3 Å². The Morgan fingerprint density at radius 3 is 2.52 bits per heavy atom. The summed E-state index contributed by atoms with van der Waals surface area (Å²) in [5.74, 6) is -2.50. The fourth-order valence-corrected chi connectivity index (χ4v) is 6.56. The molecule has 0 aromatic carbocycles. The van der Waals surface area contributed by atoms with Gasteiger partial charge in [0.25, 0.3) is 14.1 Å². The predicted octanol–water partition coefficient (Wildman–Crippen LogP) is 3.51. The van der Waals surface area contributed by atoms with Crippen molar-refractivity contribution >= 4 is 26.4 Å². The average Bonchev–Trinajstić information content (AvgIpc) is 3.41. The van der Waals surface area contributed by atoms with Crippen molar-refractivity contribution in [1.29, 1.82) is 0 Å². The summed E-state index contributed by atoms with van der Waals surface area (Å²) in [4.78, 5) is 54.2. The topological polar surface area (TPSA) is 158 Å². The number of amides is 2. The molecule has 1 saturated heterocycles. The third-order valence-corrected chi connectivity index (χ3v) is 9.14. The van der Waals surface area contributed by atoms with Gasteiger partial charge in [-0.25, -0.2) is 16.0 Å². The van der Waals surface area contributed by atoms with Crippen molar-refractivity contribution in [1.82, 2.24) is 24.9 Å². The van der Waals surface area contributed by atoms with E-state index in [4.69, 9.17) is 27.8 Å². The van der Waals surface area contributed by atoms with Crippen LogP contribution in [0.5, 0.6) is 0 Å². The van der Waals surface area contributed by atoms with Gasteiger partial charge in [-0.15, -0.1) is 0 Å². The van der Waals surface area contributed by atoms with Gasteiger partial charge < -0.3 is 34.0 Å². The van der Waals surface area contributed by atoms with Gasteiger partial charge >= 0.3 is 17.8 Å². The van der Waals surface area contributed by atoms with Crippen molar-refractivity contribution in [3.05, 3.63) is 50.1 Å². The number of alkyl halides is 3. The van der Waals surface area contributed by atoms with Crippen LogP contribution in [-0.4, -0.2) is 96.4 Å². The summed E-state index contributed by atoms with van der Waals surface area (Å²) in [6.45, 7) is 15.2. The summed E-state index contributed by atoms with van der Waals surface area (Å²) in [5, 5.41) is 4.43. The molecular weight excluding hydrogens is 660 g/mol. The molecule has 2 rings (SSSR count). The maximum atomic E-state index is 12.9. The average molecular weight is 710 g/mol. The van der Waals surface area contributed by atoms with Crippen molar-refractivity contribution in [2.45, 2.75) is 96.5 Å². The van der Waals surface area contributed by atoms with Gasteiger partial charge in [0.1, 0.15) is 18.9 Å². The number of carbonyl (C=O) groups is 2. The fraction of sp³-hybridized carbons (Fsp3) is 0.700. The number of halogens is 3. The summed E-state index contributed by atoms with van der Waals surface area (Å²) < 4.78 is 78.4. The number of unbranched alkanes of at least 4 members (excludes halogenated alkanes) is 3. The van der Waals surface area contributed by atoms with E-state index in [-0.39, 0.29) is 56.9 Å². The van der Waals surface area contributed by atoms with Crippen molar-refractivity contribution < 1.29 is 44.0 Å². The van der Waals surface area contributed by atoms with Gasteiger partial charge in [0, 0.05) is 50.9 Å². The molecule has 18 heteroatoms. The Bertz CT molecular complexity index is 1410. The van der Waals surface area contributed by atoms with Crippen molar-refractivity contribution in [3.63, 3.8) is 0 Å². The smallest absolute Gasteiger partial charge is 0.382 e. The number of hydrogen-bond donors (Lipinski definition) is 3. The van der Waals surface area contributed by atoms with Crippen molar-refractivity contribution in [2.75, 3.05) is 39.9 Å². The van der Waals surface area contributed by atoms with Crippen LogP contribution in [-0.2, 0) is 28.1 Å². The molecule has 1 aliphatic rings. The van der Waals surface area contributed by atoms with E-state index in [1.165, 1.54) is 12.3 Å². The minimum Gasteiger partial charge on any atom is -0.382 e. The number of carbonyl (C=O) groups excluding carboxylic acids is 2. The Morgan fingerprint density at radius 2 is 1.92 bits per heavy atom. The van der Waals surface area contributed by atoms with Crippen LogP contribution < -0.4 is 21.9 Å². The molecule has 1 aliphatic heterocycles. The van der Waals surface area contributed by atoms with Crippen molar-refractivity contribution in [3.8, 4) is 0 Å². The van der Waals surface area contributed by atoms with E-state index < -0.39 is 63.3 Å². The summed E-state index contributed by atoms with van der Waals surface area (Å²) in [6.07, 6.45) is -1.70. The SMILES string of the molecule is [2H]C([3H])OCC1OC(n2cc(/C=C/C(=O)NCCCCCCNC(=O)C(F)(F)F)c(=O)[nH]c2=O)CC1OP(OCC[N+]#[C-])N(C(C)C)C(C)C. The molecule has 0 bridgehead atoms. The maximum Gasteiger partial charge on any atom is 0.471 e. The Balaban J connectivity index is 2.09. The lowest BCUT2D eigenvalue weighted by Crippen LogP contribution is -2.37. The molecule has 48 heavy (non-hydrogen) atoms. The quantitative estimate of drug-likeness (QED) is 0.0798. The van der Waals surface area contributed by atoms with Crippen LogP contribution in [0.4, 0.5) is 13.2 Å². The van der Waals surface area contributed by atoms with Gasteiger partial charge in [0.05, 0.1) is 21.0 Å². The molecule has 270 valence electrons. The minimum atomic E-state index is -4.92. The van der Waals surface area contributed by atoms with E-state index in [2.05, 4.69) is 15.1 Å². The zero-order valence-corrected chi connectivity index (χ0v) is 28.4. The van der Waals surface area contributed by atoms with Crippen LogP contribution in [0.1, 0.15) is 74.3 Å². The highest BCUT2D eigenvalue weighted by atomic mass is 31.2. The largest absolute Gasteiger partial charge is 0.471 e. The molecule has 0 radical (unpaired) electrons. The molecule has 0 spiro atoms. The Kier molecular flexibility index (Phi) is 16.0. The third-order valence-electron chi connectivity index (χ3n) is 6.98. The number of H-pyrrole nitrogens is 1. The van der Waals surface area contributed by atoms with Gasteiger partial charge in [-0.2, -0.15) is 13.2 Å². The number of hydrogen-bond acceptors (Lipinski definition) is 9. The maximum absolute atomic E-state index is 12.9. The van der Waals surface area contributed by atoms with E-state index in [1.54, 1.807) is 5.32 Å². The first-order valence-corrected chi connectivity index (χ1v) is 16.7. The molecular formula is C30H46F3N6O8P. The van der Waals surface area contributed by atoms with E-state index in [0.29, 0.717) is 25.7 Å². The molecule has 1 aromatic heterocycles. The standard InChI is InChI=1S/C30H46F3N6O8P/c1-20(2)39(21(3)4)48(45-16-15-34-5)47-23-17-26(46-24(23)19-44-6)38-18-22(27(41)37-29(38)43)11-12-25(40)35-13-9-7-8-10-14-36-28(42)30(31,32)33/h11-12,18,20-21,23-24,26H,7-10,13-17,19H2,1-4,6H3,(H,35,40)(H,36,42)(H,37,41,43)/b12-11+/i6TD. The van der Waals surface area contributed by atoms with Crippen molar-refractivity contribution in [2.24, 2.45) is 0 Å². The predicted molar refractivity (Wildman–Crippen MR) is 173 cm³/mol. The Hall–Kier alpha value is -3.13. The molecule has 1 aromatic rings. The van der Waals surface area contributed by atoms with Crippen LogP contribution in [0.2, 0.25) is 0 Å². The zero-order chi connectivity index (χ0) is 37.4. The molecule has 5 unspecified atom stereocenters. The lowest BCUT2D eigenvalue weighted by molar-refractivity contribution is -0.173. The highest BCUT2D eigenvalue weighted by Gasteiger charge is 2.42. The number of rotatable bonds is 20. The second-order valence-electron chi connectivity index (χ2n) is 11.4. The van der Waals surface area contributed by atoms with E-state index in [1.807, 2.05) is 32.4 Å². The van der Waals surface area contributed by atoms with Gasteiger partial charge in [-0.3, -0.25) is 23.9 Å². The van der Waals surface area contributed by atoms with Crippen LogP contribution >= 0.6 is 8.53 Å². The Morgan fingerprint density at radius 1 is 1.25 bits per heavy atom. The Labute approximate surface area is 281 Å². The monoisotopic (exact) mass is 709 g/mol. The zero-order valence-electron chi connectivity index (χ0n) is 29.5. The molecule has 3 N–H and O–H groups in total. The van der Waals surface area contributed by atoms with E-state index >= 15 is 0 Å². The summed E-state index contributed by atoms with van der Waals surface area (Å²) in [5.41, 5.74) is -1.54. The molecule has 1 fully saturated rings. The van der Waals surface area contributed by atoms with Crippen LogP contribution in [0.15, 0.2) is 21.9 Å². The summed E-state index contributed by atoms with van der Waals surface area (Å²) in [6, 6.07) is 0.0209.